The topological polar surface area (TPSA) is 114 Å². The molecule has 4 rings (SSSR count). The Morgan fingerprint density at radius 3 is 2.59 bits per heavy atom. The summed E-state index contributed by atoms with van der Waals surface area (Å²) in [4.78, 5) is 25.8. The van der Waals surface area contributed by atoms with Crippen molar-refractivity contribution in [1.82, 2.24) is 0 Å². The van der Waals surface area contributed by atoms with Gasteiger partial charge in [0.15, 0.2) is 5.60 Å². The van der Waals surface area contributed by atoms with Crippen LogP contribution >= 0.6 is 0 Å². The Kier molecular flexibility index (Phi) is 5.60. The van der Waals surface area contributed by atoms with Gasteiger partial charge in [-0.25, -0.2) is 0 Å². The van der Waals surface area contributed by atoms with Crippen LogP contribution in [-0.2, 0) is 15.1 Å². The molecule has 7 nitrogen and oxygen atoms in total. The van der Waals surface area contributed by atoms with E-state index in [0.29, 0.717) is 28.2 Å². The van der Waals surface area contributed by atoms with E-state index in [4.69, 9.17) is 10.5 Å². The van der Waals surface area contributed by atoms with E-state index >= 15 is 4.11 Å². The van der Waals surface area contributed by atoms with Crippen LogP contribution in [0.15, 0.2) is 42.5 Å². The molecule has 0 bridgehead atoms. The van der Waals surface area contributed by atoms with Gasteiger partial charge in [-0.1, -0.05) is 6.92 Å². The van der Waals surface area contributed by atoms with Gasteiger partial charge in [-0.15, -0.1) is 0 Å². The molecule has 0 saturated carbocycles. The molecule has 2 amide bonds. The summed E-state index contributed by atoms with van der Waals surface area (Å²) in [5.74, 6) is -1.09. The lowest BCUT2D eigenvalue weighted by atomic mass is 9.82. The first-order chi connectivity index (χ1) is 15.1. The van der Waals surface area contributed by atoms with E-state index in [1.54, 1.807) is 55.6 Å². The van der Waals surface area contributed by atoms with Gasteiger partial charge in [0.2, 0.25) is 8.41 Å². The Hall–Kier alpha value is -2.75. The Labute approximate surface area is 187 Å². The maximum Gasteiger partial charge on any atom is 0.261 e. The summed E-state index contributed by atoms with van der Waals surface area (Å²) in [5.41, 5.74) is 6.52. The molecule has 2 aromatic rings. The monoisotopic (exact) mass is 457 g/mol. The molecule has 0 unspecified atom stereocenters. The second-order valence-corrected chi connectivity index (χ2v) is 12.9. The highest BCUT2D eigenvalue weighted by atomic mass is 28.4. The Morgan fingerprint density at radius 1 is 1.28 bits per heavy atom. The number of aliphatic hydroxyl groups is 1. The molecule has 1 fully saturated rings. The largest absolute Gasteiger partial charge is 0.399 e. The van der Waals surface area contributed by atoms with Crippen LogP contribution in [0, 0.1) is 5.92 Å². The summed E-state index contributed by atoms with van der Waals surface area (Å²) < 4.78 is 21.6. The van der Waals surface area contributed by atoms with Crippen LogP contribution in [0.4, 0.5) is 21.2 Å². The van der Waals surface area contributed by atoms with E-state index in [9.17, 15) is 14.7 Å². The molecule has 1 saturated heterocycles. The van der Waals surface area contributed by atoms with Crippen LogP contribution in [0.25, 0.3) is 0 Å². The summed E-state index contributed by atoms with van der Waals surface area (Å²) in [6.07, 6.45) is -0.306. The van der Waals surface area contributed by atoms with Gasteiger partial charge in [0, 0.05) is 46.3 Å². The van der Waals surface area contributed by atoms with Crippen LogP contribution in [0.1, 0.15) is 29.3 Å². The number of hydrogen-bond acceptors (Lipinski definition) is 5. The average Bonchev–Trinajstić information content (AvgIpc) is 3.17. The summed E-state index contributed by atoms with van der Waals surface area (Å²) in [6, 6.07) is 11.7. The van der Waals surface area contributed by atoms with Crippen molar-refractivity contribution in [3.05, 3.63) is 53.6 Å². The normalized spacial score (nSPS) is 26.8. The zero-order valence-corrected chi connectivity index (χ0v) is 19.3. The van der Waals surface area contributed by atoms with Crippen molar-refractivity contribution >= 4 is 37.3 Å². The van der Waals surface area contributed by atoms with Crippen LogP contribution < -0.4 is 16.4 Å². The van der Waals surface area contributed by atoms with Crippen molar-refractivity contribution in [2.75, 3.05) is 23.0 Å². The number of ether oxygens (including phenoxy) is 1. The van der Waals surface area contributed by atoms with Gasteiger partial charge in [0.25, 0.3) is 11.8 Å². The molecule has 1 spiro atoms. The van der Waals surface area contributed by atoms with Crippen molar-refractivity contribution in [3.63, 3.8) is 0 Å². The van der Waals surface area contributed by atoms with Gasteiger partial charge in [0.1, 0.15) is 0 Å². The summed E-state index contributed by atoms with van der Waals surface area (Å²) in [6.45, 7) is 4.90. The van der Waals surface area contributed by atoms with Crippen molar-refractivity contribution in [3.8, 4) is 0 Å². The Balaban J connectivity index is 1.70. The molecule has 0 radical (unpaired) electrons. The van der Waals surface area contributed by atoms with E-state index < -0.39 is 31.6 Å². The van der Waals surface area contributed by atoms with Crippen LogP contribution in [0.3, 0.4) is 0 Å². The molecule has 4 atom stereocenters. The van der Waals surface area contributed by atoms with E-state index in [0.717, 1.165) is 0 Å². The summed E-state index contributed by atoms with van der Waals surface area (Å²) in [5, 5.41) is 15.2. The molecule has 0 aromatic heterocycles. The molecular formula is C23H28FN3O4Si. The highest BCUT2D eigenvalue weighted by Crippen LogP contribution is 2.59. The number of fused-ring (bicyclic) bond motifs is 2. The Bertz CT molecular complexity index is 1060. The molecule has 2 aliphatic rings. The SMILES string of the molecule is C[C@H]1[C@H]([Si](C)(C)F)[C@@H](CCO)O[C@]12C(=O)Nc1ccc(NC(=O)c3ccc(N)cc3)cc12. The van der Waals surface area contributed by atoms with Gasteiger partial charge in [-0.2, -0.15) is 0 Å². The van der Waals surface area contributed by atoms with Crippen molar-refractivity contribution < 1.29 is 23.5 Å². The molecule has 170 valence electrons. The second-order valence-electron chi connectivity index (χ2n) is 9.07. The van der Waals surface area contributed by atoms with Gasteiger partial charge in [-0.3, -0.25) is 9.59 Å². The lowest BCUT2D eigenvalue weighted by Gasteiger charge is -2.30. The number of aliphatic hydroxyl groups excluding tert-OH is 1. The minimum atomic E-state index is -3.22. The third-order valence-electron chi connectivity index (χ3n) is 6.56. The molecule has 32 heavy (non-hydrogen) atoms. The quantitative estimate of drug-likeness (QED) is 0.311. The predicted molar refractivity (Wildman–Crippen MR) is 124 cm³/mol. The molecule has 2 aliphatic heterocycles. The number of benzene rings is 2. The summed E-state index contributed by atoms with van der Waals surface area (Å²) >= 11 is 0. The van der Waals surface area contributed by atoms with E-state index in [2.05, 4.69) is 10.6 Å². The fourth-order valence-corrected chi connectivity index (χ4v) is 7.72. The number of nitrogen functional groups attached to an aromatic ring is 1. The van der Waals surface area contributed by atoms with E-state index in [-0.39, 0.29) is 24.8 Å². The van der Waals surface area contributed by atoms with Gasteiger partial charge in [0.05, 0.1) is 6.10 Å². The zero-order valence-electron chi connectivity index (χ0n) is 18.3. The molecular weight excluding hydrogens is 429 g/mol. The lowest BCUT2D eigenvalue weighted by Crippen LogP contribution is -2.42. The highest BCUT2D eigenvalue weighted by molar-refractivity contribution is 6.72. The average molecular weight is 458 g/mol. The van der Waals surface area contributed by atoms with Gasteiger partial charge >= 0.3 is 0 Å². The summed E-state index contributed by atoms with van der Waals surface area (Å²) in [7, 11) is -3.22. The molecule has 0 aliphatic carbocycles. The molecule has 9 heteroatoms. The van der Waals surface area contributed by atoms with Crippen LogP contribution in [0.2, 0.25) is 18.6 Å². The minimum Gasteiger partial charge on any atom is -0.399 e. The third kappa shape index (κ3) is 3.60. The van der Waals surface area contributed by atoms with Crippen LogP contribution in [-0.4, -0.2) is 38.0 Å². The smallest absolute Gasteiger partial charge is 0.261 e. The predicted octanol–water partition coefficient (Wildman–Crippen LogP) is 3.63. The molecule has 2 heterocycles. The number of carbonyl (C=O) groups excluding carboxylic acids is 2. The van der Waals surface area contributed by atoms with Crippen LogP contribution in [0.5, 0.6) is 0 Å². The van der Waals surface area contributed by atoms with E-state index in [1.165, 1.54) is 0 Å². The highest BCUT2D eigenvalue weighted by Gasteiger charge is 2.65. The van der Waals surface area contributed by atoms with Crippen molar-refractivity contribution in [2.45, 2.75) is 43.7 Å². The minimum absolute atomic E-state index is 0.152. The number of carbonyl (C=O) groups is 2. The first kappa shape index (κ1) is 22.4. The number of hydrogen-bond donors (Lipinski definition) is 4. The maximum absolute atomic E-state index is 15.3. The van der Waals surface area contributed by atoms with E-state index in [1.807, 2.05) is 6.92 Å². The molecule has 2 aromatic carbocycles. The van der Waals surface area contributed by atoms with Crippen molar-refractivity contribution in [1.29, 1.82) is 0 Å². The lowest BCUT2D eigenvalue weighted by molar-refractivity contribution is -0.143. The Morgan fingerprint density at radius 2 is 1.97 bits per heavy atom. The number of anilines is 3. The van der Waals surface area contributed by atoms with Gasteiger partial charge < -0.3 is 30.3 Å². The fraction of sp³-hybridized carbons (Fsp3) is 0.391. The number of amides is 2. The standard InChI is InChI=1S/C23H28FN3O4Si/c1-13-20(32(2,3)24)19(10-11-28)31-23(13)17-12-16(8-9-18(17)27-22(23)30)26-21(29)14-4-6-15(25)7-5-14/h4-9,12-13,19-20,28H,10-11,25H2,1-3H3,(H,26,29)(H,27,30)/t13-,19+,20-,23+/m0/s1. The number of rotatable bonds is 5. The number of nitrogens with two attached hydrogens (primary N) is 1. The first-order valence-electron chi connectivity index (χ1n) is 10.7. The van der Waals surface area contributed by atoms with Crippen molar-refractivity contribution in [2.24, 2.45) is 5.92 Å². The maximum atomic E-state index is 15.3. The second kappa shape index (κ2) is 7.98. The first-order valence-corrected chi connectivity index (χ1v) is 13.6. The fourth-order valence-electron chi connectivity index (χ4n) is 5.18. The number of nitrogens with one attached hydrogen (secondary N) is 2. The number of halogens is 1. The third-order valence-corrected chi connectivity index (χ3v) is 9.02. The zero-order chi connectivity index (χ0) is 23.3. The van der Waals surface area contributed by atoms with Gasteiger partial charge in [-0.05, 0) is 62.0 Å². The molecule has 5 N–H and O–H groups in total.